The number of halogens is 5. The molecule has 2 aromatic carbocycles. The van der Waals surface area contributed by atoms with E-state index in [-0.39, 0.29) is 10.8 Å². The Morgan fingerprint density at radius 1 is 1.15 bits per heavy atom. The van der Waals surface area contributed by atoms with Crippen molar-refractivity contribution in [2.45, 2.75) is 6.18 Å². The first-order chi connectivity index (χ1) is 12.6. The fourth-order valence-electron chi connectivity index (χ4n) is 2.04. The van der Waals surface area contributed by atoms with E-state index in [9.17, 15) is 27.2 Å². The third kappa shape index (κ3) is 5.33. The third-order valence-electron chi connectivity index (χ3n) is 3.29. The molecule has 5 nitrogen and oxygen atoms in total. The molecule has 0 bridgehead atoms. The van der Waals surface area contributed by atoms with Gasteiger partial charge in [0.1, 0.15) is 11.6 Å². The van der Waals surface area contributed by atoms with E-state index in [2.05, 4.69) is 4.74 Å². The summed E-state index contributed by atoms with van der Waals surface area (Å²) in [6.07, 6.45) is -4.75. The van der Waals surface area contributed by atoms with E-state index in [1.807, 2.05) is 5.32 Å². The summed E-state index contributed by atoms with van der Waals surface area (Å²) in [4.78, 5) is 23.6. The predicted molar refractivity (Wildman–Crippen MR) is 88.3 cm³/mol. The van der Waals surface area contributed by atoms with Crippen LogP contribution in [0.5, 0.6) is 5.75 Å². The van der Waals surface area contributed by atoms with Gasteiger partial charge in [0.25, 0.3) is 5.91 Å². The second-order valence-corrected chi connectivity index (χ2v) is 5.59. The van der Waals surface area contributed by atoms with Crippen molar-refractivity contribution in [2.75, 3.05) is 19.0 Å². The van der Waals surface area contributed by atoms with Crippen LogP contribution in [0.4, 0.5) is 23.2 Å². The lowest BCUT2D eigenvalue weighted by atomic mass is 10.1. The number of hydrogen-bond acceptors (Lipinski definition) is 4. The van der Waals surface area contributed by atoms with Crippen LogP contribution in [0.15, 0.2) is 36.4 Å². The number of ether oxygens (including phenoxy) is 2. The van der Waals surface area contributed by atoms with Crippen LogP contribution in [0, 0.1) is 5.82 Å². The van der Waals surface area contributed by atoms with Crippen molar-refractivity contribution >= 4 is 29.2 Å². The Bertz CT molecular complexity index is 870. The van der Waals surface area contributed by atoms with E-state index in [0.29, 0.717) is 6.07 Å². The van der Waals surface area contributed by atoms with E-state index >= 15 is 0 Å². The Balaban J connectivity index is 2.04. The Hall–Kier alpha value is -2.81. The Kier molecular flexibility index (Phi) is 6.27. The van der Waals surface area contributed by atoms with Crippen molar-refractivity contribution < 1.29 is 36.6 Å². The Morgan fingerprint density at radius 2 is 1.85 bits per heavy atom. The number of hydrogen-bond donors (Lipinski definition) is 1. The highest BCUT2D eigenvalue weighted by molar-refractivity contribution is 6.30. The molecular formula is C17H12ClF4NO4. The zero-order valence-corrected chi connectivity index (χ0v) is 14.4. The molecule has 0 aliphatic heterocycles. The van der Waals surface area contributed by atoms with Crippen LogP contribution < -0.4 is 10.1 Å². The number of alkyl halides is 3. The number of carbonyl (C=O) groups is 2. The molecule has 2 aromatic rings. The van der Waals surface area contributed by atoms with Crippen LogP contribution in [0.1, 0.15) is 15.9 Å². The normalized spacial score (nSPS) is 11.0. The summed E-state index contributed by atoms with van der Waals surface area (Å²) in [6.45, 7) is -0.912. The van der Waals surface area contributed by atoms with Crippen molar-refractivity contribution in [3.8, 4) is 5.75 Å². The van der Waals surface area contributed by atoms with Crippen molar-refractivity contribution in [3.63, 3.8) is 0 Å². The second-order valence-electron chi connectivity index (χ2n) is 5.16. The van der Waals surface area contributed by atoms with E-state index in [1.165, 1.54) is 13.2 Å². The van der Waals surface area contributed by atoms with Gasteiger partial charge in [-0.25, -0.2) is 9.18 Å². The number of amides is 1. The highest BCUT2D eigenvalue weighted by Crippen LogP contribution is 2.36. The van der Waals surface area contributed by atoms with Crippen LogP contribution in [-0.4, -0.2) is 25.6 Å². The molecule has 0 unspecified atom stereocenters. The first-order valence-corrected chi connectivity index (χ1v) is 7.67. The average Bonchev–Trinajstić information content (AvgIpc) is 2.60. The van der Waals surface area contributed by atoms with Crippen molar-refractivity contribution in [1.82, 2.24) is 0 Å². The lowest BCUT2D eigenvalue weighted by Gasteiger charge is -2.14. The van der Waals surface area contributed by atoms with Gasteiger partial charge in [0.15, 0.2) is 6.61 Å². The molecule has 0 saturated carbocycles. The van der Waals surface area contributed by atoms with Crippen molar-refractivity contribution in [3.05, 3.63) is 58.4 Å². The minimum absolute atomic E-state index is 0.165. The summed E-state index contributed by atoms with van der Waals surface area (Å²) in [5, 5.41) is 1.81. The maximum absolute atomic E-state index is 13.8. The van der Waals surface area contributed by atoms with Gasteiger partial charge in [-0.1, -0.05) is 11.6 Å². The van der Waals surface area contributed by atoms with Gasteiger partial charge in [-0.05, 0) is 30.3 Å². The monoisotopic (exact) mass is 405 g/mol. The van der Waals surface area contributed by atoms with Gasteiger partial charge >= 0.3 is 12.1 Å². The molecule has 1 amide bonds. The lowest BCUT2D eigenvalue weighted by Crippen LogP contribution is -2.23. The van der Waals surface area contributed by atoms with Crippen LogP contribution in [0.2, 0.25) is 5.02 Å². The Morgan fingerprint density at radius 3 is 2.44 bits per heavy atom. The second kappa shape index (κ2) is 8.26. The Labute approximate surface area is 155 Å². The van der Waals surface area contributed by atoms with E-state index in [1.54, 1.807) is 0 Å². The molecule has 0 heterocycles. The molecule has 10 heteroatoms. The molecule has 0 atom stereocenters. The standard InChI is InChI=1S/C17H12ClF4NO4/c1-26-10-3-4-11(13(19)7-10)16(25)27-8-15(24)23-14-5-2-9(18)6-12(14)17(20,21)22/h2-7H,8H2,1H3,(H,23,24). The number of rotatable bonds is 5. The van der Waals surface area contributed by atoms with Crippen LogP contribution >= 0.6 is 11.6 Å². The van der Waals surface area contributed by atoms with Gasteiger partial charge in [0, 0.05) is 11.1 Å². The van der Waals surface area contributed by atoms with Crippen LogP contribution in [-0.2, 0) is 15.7 Å². The summed E-state index contributed by atoms with van der Waals surface area (Å²) in [5.41, 5.74) is -2.16. The van der Waals surface area contributed by atoms with E-state index in [0.717, 1.165) is 24.3 Å². The molecule has 2 rings (SSSR count). The zero-order chi connectivity index (χ0) is 20.2. The first-order valence-electron chi connectivity index (χ1n) is 7.29. The fourth-order valence-corrected chi connectivity index (χ4v) is 2.22. The molecule has 144 valence electrons. The molecule has 0 spiro atoms. The minimum Gasteiger partial charge on any atom is -0.497 e. The molecule has 0 aromatic heterocycles. The highest BCUT2D eigenvalue weighted by atomic mass is 35.5. The van der Waals surface area contributed by atoms with Gasteiger partial charge in [0.05, 0.1) is 23.9 Å². The quantitative estimate of drug-likeness (QED) is 0.595. The van der Waals surface area contributed by atoms with E-state index in [4.69, 9.17) is 16.3 Å². The number of anilines is 1. The minimum atomic E-state index is -4.75. The predicted octanol–water partition coefficient (Wildman–Crippen LogP) is 4.30. The summed E-state index contributed by atoms with van der Waals surface area (Å²) < 4.78 is 62.1. The molecule has 0 aliphatic rings. The molecule has 0 saturated heterocycles. The third-order valence-corrected chi connectivity index (χ3v) is 3.53. The molecule has 0 aliphatic carbocycles. The fraction of sp³-hybridized carbons (Fsp3) is 0.176. The smallest absolute Gasteiger partial charge is 0.418 e. The van der Waals surface area contributed by atoms with E-state index < -0.39 is 47.3 Å². The maximum atomic E-state index is 13.8. The highest BCUT2D eigenvalue weighted by Gasteiger charge is 2.34. The summed E-state index contributed by atoms with van der Waals surface area (Å²) >= 11 is 5.54. The van der Waals surface area contributed by atoms with Crippen molar-refractivity contribution in [1.29, 1.82) is 0 Å². The topological polar surface area (TPSA) is 64.6 Å². The molecule has 27 heavy (non-hydrogen) atoms. The molecule has 1 N–H and O–H groups in total. The van der Waals surface area contributed by atoms with Crippen molar-refractivity contribution in [2.24, 2.45) is 0 Å². The van der Waals surface area contributed by atoms with Gasteiger partial charge in [-0.15, -0.1) is 0 Å². The average molecular weight is 406 g/mol. The number of nitrogens with one attached hydrogen (secondary N) is 1. The SMILES string of the molecule is COc1ccc(C(=O)OCC(=O)Nc2ccc(Cl)cc2C(F)(F)F)c(F)c1. The number of methoxy groups -OCH3 is 1. The number of esters is 1. The number of carbonyl (C=O) groups excluding carboxylic acids is 2. The van der Waals surface area contributed by atoms with Gasteiger partial charge in [0.2, 0.25) is 0 Å². The lowest BCUT2D eigenvalue weighted by molar-refractivity contribution is -0.137. The number of benzene rings is 2. The molecule has 0 radical (unpaired) electrons. The van der Waals surface area contributed by atoms with Gasteiger partial charge in [-0.3, -0.25) is 4.79 Å². The van der Waals surface area contributed by atoms with Crippen LogP contribution in [0.3, 0.4) is 0 Å². The summed E-state index contributed by atoms with van der Waals surface area (Å²) in [5.74, 6) is -2.96. The maximum Gasteiger partial charge on any atom is 0.418 e. The zero-order valence-electron chi connectivity index (χ0n) is 13.7. The molecular weight excluding hydrogens is 394 g/mol. The summed E-state index contributed by atoms with van der Waals surface area (Å²) in [7, 11) is 1.31. The van der Waals surface area contributed by atoms with Gasteiger partial charge < -0.3 is 14.8 Å². The first kappa shape index (κ1) is 20.5. The largest absolute Gasteiger partial charge is 0.497 e. The van der Waals surface area contributed by atoms with Crippen LogP contribution in [0.25, 0.3) is 0 Å². The summed E-state index contributed by atoms with van der Waals surface area (Å²) in [6, 6.07) is 6.12. The molecule has 0 fully saturated rings. The van der Waals surface area contributed by atoms with Gasteiger partial charge in [-0.2, -0.15) is 13.2 Å².